The summed E-state index contributed by atoms with van der Waals surface area (Å²) in [6, 6.07) is 6.11. The number of nitrogens with zero attached hydrogens (tertiary/aromatic N) is 3. The molecule has 2 aromatic rings. The van der Waals surface area contributed by atoms with Crippen LogP contribution in [0.2, 0.25) is 0 Å². The van der Waals surface area contributed by atoms with Gasteiger partial charge in [0, 0.05) is 30.9 Å². The summed E-state index contributed by atoms with van der Waals surface area (Å²) < 4.78 is 0. The van der Waals surface area contributed by atoms with E-state index in [4.69, 9.17) is 4.98 Å². The van der Waals surface area contributed by atoms with E-state index < -0.39 is 0 Å². The van der Waals surface area contributed by atoms with E-state index in [1.165, 1.54) is 25.7 Å². The number of aryl methyl sites for hydroxylation is 1. The molecule has 0 radical (unpaired) electrons. The number of pyridine rings is 1. The zero-order valence-electron chi connectivity index (χ0n) is 12.1. The molecule has 1 aliphatic rings. The van der Waals surface area contributed by atoms with Gasteiger partial charge in [0.25, 0.3) is 0 Å². The summed E-state index contributed by atoms with van der Waals surface area (Å²) in [5.41, 5.74) is 3.14. The third-order valence-corrected chi connectivity index (χ3v) is 3.92. The maximum atomic E-state index is 4.75. The monoisotopic (exact) mass is 268 g/mol. The van der Waals surface area contributed by atoms with Crippen molar-refractivity contribution in [2.75, 3.05) is 12.4 Å². The number of hydrogen-bond acceptors (Lipinski definition) is 4. The first-order valence-corrected chi connectivity index (χ1v) is 7.26. The highest BCUT2D eigenvalue weighted by Crippen LogP contribution is 2.34. The number of aromatic nitrogens is 3. The van der Waals surface area contributed by atoms with Gasteiger partial charge in [0.15, 0.2) is 5.82 Å². The molecule has 2 aromatic heterocycles. The molecule has 0 atom stereocenters. The second-order valence-corrected chi connectivity index (χ2v) is 5.45. The Bertz CT molecular complexity index is 586. The van der Waals surface area contributed by atoms with E-state index in [0.717, 1.165) is 28.6 Å². The molecular formula is C16H20N4. The summed E-state index contributed by atoms with van der Waals surface area (Å²) in [7, 11) is 1.90. The van der Waals surface area contributed by atoms with Crippen LogP contribution in [-0.4, -0.2) is 22.0 Å². The Morgan fingerprint density at radius 2 is 1.95 bits per heavy atom. The van der Waals surface area contributed by atoms with Crippen molar-refractivity contribution < 1.29 is 0 Å². The standard InChI is InChI=1S/C16H20N4/c1-11-7-8-13(18-10-11)16-19-14(9-15(17-2)20-16)12-5-3-4-6-12/h7-10,12H,3-6H2,1-2H3,(H,17,19,20). The van der Waals surface area contributed by atoms with Crippen LogP contribution in [0.5, 0.6) is 0 Å². The minimum atomic E-state index is 0.578. The summed E-state index contributed by atoms with van der Waals surface area (Å²) in [5.74, 6) is 2.17. The van der Waals surface area contributed by atoms with E-state index in [-0.39, 0.29) is 0 Å². The molecule has 1 fully saturated rings. The molecule has 20 heavy (non-hydrogen) atoms. The first kappa shape index (κ1) is 13.0. The van der Waals surface area contributed by atoms with Gasteiger partial charge < -0.3 is 5.32 Å². The van der Waals surface area contributed by atoms with Crippen LogP contribution >= 0.6 is 0 Å². The predicted octanol–water partition coefficient (Wildman–Crippen LogP) is 3.55. The van der Waals surface area contributed by atoms with Gasteiger partial charge in [0.2, 0.25) is 0 Å². The topological polar surface area (TPSA) is 50.7 Å². The molecule has 1 saturated carbocycles. The summed E-state index contributed by atoms with van der Waals surface area (Å²) in [5, 5.41) is 3.13. The molecule has 0 saturated heterocycles. The normalized spacial score (nSPS) is 15.5. The molecule has 4 heteroatoms. The zero-order valence-corrected chi connectivity index (χ0v) is 12.1. The van der Waals surface area contributed by atoms with Crippen molar-refractivity contribution in [1.82, 2.24) is 15.0 Å². The zero-order chi connectivity index (χ0) is 13.9. The van der Waals surface area contributed by atoms with Crippen molar-refractivity contribution in [3.05, 3.63) is 35.7 Å². The number of anilines is 1. The summed E-state index contributed by atoms with van der Waals surface area (Å²) in [6.45, 7) is 2.03. The minimum absolute atomic E-state index is 0.578. The second-order valence-electron chi connectivity index (χ2n) is 5.45. The predicted molar refractivity (Wildman–Crippen MR) is 80.8 cm³/mol. The van der Waals surface area contributed by atoms with Gasteiger partial charge in [-0.15, -0.1) is 0 Å². The lowest BCUT2D eigenvalue weighted by atomic mass is 10.0. The Labute approximate surface area is 119 Å². The van der Waals surface area contributed by atoms with Gasteiger partial charge >= 0.3 is 0 Å². The second kappa shape index (κ2) is 5.57. The van der Waals surface area contributed by atoms with Crippen LogP contribution in [0.3, 0.4) is 0 Å². The van der Waals surface area contributed by atoms with Crippen LogP contribution in [0.25, 0.3) is 11.5 Å². The fourth-order valence-corrected chi connectivity index (χ4v) is 2.74. The average Bonchev–Trinajstić information content (AvgIpc) is 3.02. The van der Waals surface area contributed by atoms with Gasteiger partial charge in [-0.05, 0) is 31.4 Å². The van der Waals surface area contributed by atoms with Gasteiger partial charge in [-0.3, -0.25) is 4.98 Å². The lowest BCUT2D eigenvalue weighted by Crippen LogP contribution is -2.04. The first-order valence-electron chi connectivity index (χ1n) is 7.26. The molecule has 1 aliphatic carbocycles. The molecule has 0 amide bonds. The minimum Gasteiger partial charge on any atom is -0.373 e. The molecule has 0 aromatic carbocycles. The van der Waals surface area contributed by atoms with Gasteiger partial charge in [0.05, 0.1) is 0 Å². The van der Waals surface area contributed by atoms with E-state index in [1.807, 2.05) is 32.3 Å². The maximum absolute atomic E-state index is 4.75. The van der Waals surface area contributed by atoms with Gasteiger partial charge in [0.1, 0.15) is 11.5 Å². The SMILES string of the molecule is CNc1cc(C2CCCC2)nc(-c2ccc(C)cn2)n1. The molecular weight excluding hydrogens is 248 g/mol. The Morgan fingerprint density at radius 3 is 2.60 bits per heavy atom. The molecule has 0 unspecified atom stereocenters. The van der Waals surface area contributed by atoms with Crippen LogP contribution in [0.1, 0.15) is 42.9 Å². The van der Waals surface area contributed by atoms with Crippen molar-refractivity contribution in [3.63, 3.8) is 0 Å². The molecule has 0 bridgehead atoms. The largest absolute Gasteiger partial charge is 0.373 e. The average molecular weight is 268 g/mol. The van der Waals surface area contributed by atoms with Crippen LogP contribution in [-0.2, 0) is 0 Å². The third-order valence-electron chi connectivity index (χ3n) is 3.92. The Hall–Kier alpha value is -1.97. The number of nitrogens with one attached hydrogen (secondary N) is 1. The Kier molecular flexibility index (Phi) is 3.63. The van der Waals surface area contributed by atoms with Crippen LogP contribution < -0.4 is 5.32 Å². The third kappa shape index (κ3) is 2.64. The first-order chi connectivity index (χ1) is 9.76. The fraction of sp³-hybridized carbons (Fsp3) is 0.438. The highest BCUT2D eigenvalue weighted by atomic mass is 15.0. The Balaban J connectivity index is 2.01. The van der Waals surface area contributed by atoms with Gasteiger partial charge in [-0.2, -0.15) is 0 Å². The number of rotatable bonds is 3. The van der Waals surface area contributed by atoms with E-state index in [9.17, 15) is 0 Å². The quantitative estimate of drug-likeness (QED) is 0.925. The smallest absolute Gasteiger partial charge is 0.180 e. The molecule has 1 N–H and O–H groups in total. The highest BCUT2D eigenvalue weighted by Gasteiger charge is 2.20. The van der Waals surface area contributed by atoms with Crippen LogP contribution in [0, 0.1) is 6.92 Å². The Morgan fingerprint density at radius 1 is 1.15 bits per heavy atom. The molecule has 2 heterocycles. The molecule has 0 aliphatic heterocycles. The molecule has 0 spiro atoms. The van der Waals surface area contributed by atoms with Crippen molar-refractivity contribution in [2.24, 2.45) is 0 Å². The summed E-state index contributed by atoms with van der Waals surface area (Å²) >= 11 is 0. The van der Waals surface area contributed by atoms with Crippen LogP contribution in [0.4, 0.5) is 5.82 Å². The van der Waals surface area contributed by atoms with Crippen molar-refractivity contribution in [3.8, 4) is 11.5 Å². The number of hydrogen-bond donors (Lipinski definition) is 1. The van der Waals surface area contributed by atoms with E-state index in [0.29, 0.717) is 5.92 Å². The molecule has 104 valence electrons. The fourth-order valence-electron chi connectivity index (χ4n) is 2.74. The van der Waals surface area contributed by atoms with Gasteiger partial charge in [-0.25, -0.2) is 9.97 Å². The molecule has 3 rings (SSSR count). The van der Waals surface area contributed by atoms with Crippen molar-refractivity contribution >= 4 is 5.82 Å². The van der Waals surface area contributed by atoms with E-state index in [2.05, 4.69) is 21.4 Å². The molecule has 4 nitrogen and oxygen atoms in total. The highest BCUT2D eigenvalue weighted by molar-refractivity contribution is 5.53. The summed E-state index contributed by atoms with van der Waals surface area (Å²) in [6.07, 6.45) is 6.95. The summed E-state index contributed by atoms with van der Waals surface area (Å²) in [4.78, 5) is 13.7. The van der Waals surface area contributed by atoms with Crippen molar-refractivity contribution in [2.45, 2.75) is 38.5 Å². The lowest BCUT2D eigenvalue weighted by Gasteiger charge is -2.12. The van der Waals surface area contributed by atoms with Gasteiger partial charge in [-0.1, -0.05) is 18.9 Å². The van der Waals surface area contributed by atoms with E-state index >= 15 is 0 Å². The van der Waals surface area contributed by atoms with E-state index in [1.54, 1.807) is 0 Å². The lowest BCUT2D eigenvalue weighted by molar-refractivity contribution is 0.695. The van der Waals surface area contributed by atoms with Crippen LogP contribution in [0.15, 0.2) is 24.4 Å². The van der Waals surface area contributed by atoms with Crippen molar-refractivity contribution in [1.29, 1.82) is 0 Å². The maximum Gasteiger partial charge on any atom is 0.180 e.